The summed E-state index contributed by atoms with van der Waals surface area (Å²) in [6.45, 7) is 1.08. The molecule has 1 saturated heterocycles. The Kier molecular flexibility index (Phi) is 6.40. The van der Waals surface area contributed by atoms with Crippen molar-refractivity contribution in [2.24, 2.45) is 0 Å². The van der Waals surface area contributed by atoms with Gasteiger partial charge in [0.25, 0.3) is 0 Å². The number of para-hydroxylation sites is 1. The van der Waals surface area contributed by atoms with Crippen LogP contribution in [0.25, 0.3) is 0 Å². The third-order valence-corrected chi connectivity index (χ3v) is 6.26. The highest BCUT2D eigenvalue weighted by Crippen LogP contribution is 2.39. The molecule has 3 aromatic heterocycles. The van der Waals surface area contributed by atoms with Crippen molar-refractivity contribution in [1.29, 1.82) is 0 Å². The van der Waals surface area contributed by atoms with Crippen LogP contribution >= 0.6 is 12.2 Å². The van der Waals surface area contributed by atoms with Crippen LogP contribution in [0.5, 0.6) is 0 Å². The highest BCUT2D eigenvalue weighted by Gasteiger charge is 2.41. The first-order valence-electron chi connectivity index (χ1n) is 11.2. The molecule has 4 heterocycles. The third kappa shape index (κ3) is 4.72. The molecule has 0 radical (unpaired) electrons. The van der Waals surface area contributed by atoms with E-state index >= 15 is 0 Å². The first-order valence-corrected chi connectivity index (χ1v) is 11.6. The summed E-state index contributed by atoms with van der Waals surface area (Å²) in [7, 11) is 0. The van der Waals surface area contributed by atoms with E-state index in [1.807, 2.05) is 72.9 Å². The number of rotatable bonds is 8. The maximum Gasteiger partial charge on any atom is 0.226 e. The number of amides is 1. The van der Waals surface area contributed by atoms with Gasteiger partial charge >= 0.3 is 0 Å². The van der Waals surface area contributed by atoms with E-state index < -0.39 is 0 Å². The van der Waals surface area contributed by atoms with Crippen LogP contribution in [0.15, 0.2) is 95.9 Å². The van der Waals surface area contributed by atoms with Gasteiger partial charge in [0.05, 0.1) is 30.6 Å². The number of aromatic nitrogens is 2. The number of hydrogen-bond donors (Lipinski definition) is 2. The standard InChI is InChI=1S/C26H25N5O2S/c32-23(28-19-8-2-1-3-9-19)13-16-31-25(24(29-26(31)34)21-11-4-5-14-27-21)22-12-6-15-30(22)18-20-10-7-17-33-20/h1-12,14-15,17,24-25H,13,16,18H2,(H,28,32)(H,29,34)/t24-,25-/m1/s1. The fourth-order valence-corrected chi connectivity index (χ4v) is 4.68. The topological polar surface area (TPSA) is 75.3 Å². The second kappa shape index (κ2) is 9.93. The highest BCUT2D eigenvalue weighted by molar-refractivity contribution is 7.80. The highest BCUT2D eigenvalue weighted by atomic mass is 32.1. The fraction of sp³-hybridized carbons (Fsp3) is 0.192. The van der Waals surface area contributed by atoms with E-state index in [1.165, 1.54) is 0 Å². The third-order valence-electron chi connectivity index (χ3n) is 5.91. The lowest BCUT2D eigenvalue weighted by Crippen LogP contribution is -2.33. The molecule has 0 aliphatic carbocycles. The summed E-state index contributed by atoms with van der Waals surface area (Å²) < 4.78 is 7.74. The summed E-state index contributed by atoms with van der Waals surface area (Å²) in [4.78, 5) is 19.3. The van der Waals surface area contributed by atoms with Crippen LogP contribution in [0.4, 0.5) is 5.69 Å². The maximum absolute atomic E-state index is 12.7. The quantitative estimate of drug-likeness (QED) is 0.368. The van der Waals surface area contributed by atoms with Gasteiger partial charge in [-0.25, -0.2) is 0 Å². The van der Waals surface area contributed by atoms with Crippen LogP contribution in [0, 0.1) is 0 Å². The van der Waals surface area contributed by atoms with Crippen LogP contribution < -0.4 is 10.6 Å². The number of carbonyl (C=O) groups is 1. The number of nitrogens with zero attached hydrogens (tertiary/aromatic N) is 3. The lowest BCUT2D eigenvalue weighted by molar-refractivity contribution is -0.116. The predicted octanol–water partition coefficient (Wildman–Crippen LogP) is 4.53. The molecule has 5 rings (SSSR count). The molecule has 0 unspecified atom stereocenters. The molecule has 2 atom stereocenters. The molecule has 0 saturated carbocycles. The summed E-state index contributed by atoms with van der Waals surface area (Å²) in [5, 5.41) is 7.01. The molecular weight excluding hydrogens is 446 g/mol. The average Bonchev–Trinajstić information content (AvgIpc) is 3.60. The molecule has 1 fully saturated rings. The zero-order valence-electron chi connectivity index (χ0n) is 18.5. The van der Waals surface area contributed by atoms with Gasteiger partial charge in [0.2, 0.25) is 5.91 Å². The molecule has 1 aliphatic rings. The SMILES string of the molecule is O=C(CCN1C(=S)N[C@H](c2ccccn2)[C@H]1c1cccn1Cc1ccco1)Nc1ccccc1. The van der Waals surface area contributed by atoms with Crippen molar-refractivity contribution < 1.29 is 9.21 Å². The summed E-state index contributed by atoms with van der Waals surface area (Å²) in [6, 6.07) is 23.0. The minimum atomic E-state index is -0.142. The molecule has 172 valence electrons. The second-order valence-electron chi connectivity index (χ2n) is 8.12. The van der Waals surface area contributed by atoms with E-state index in [4.69, 9.17) is 16.6 Å². The molecule has 4 aromatic rings. The van der Waals surface area contributed by atoms with E-state index in [1.54, 1.807) is 12.5 Å². The van der Waals surface area contributed by atoms with E-state index in [0.29, 0.717) is 24.6 Å². The number of pyridine rings is 1. The van der Waals surface area contributed by atoms with Crippen molar-refractivity contribution in [3.8, 4) is 0 Å². The number of furan rings is 1. The van der Waals surface area contributed by atoms with Gasteiger partial charge in [0, 0.05) is 36.7 Å². The van der Waals surface area contributed by atoms with E-state index in [9.17, 15) is 4.79 Å². The number of carbonyl (C=O) groups excluding carboxylic acids is 1. The zero-order valence-corrected chi connectivity index (χ0v) is 19.3. The Bertz CT molecular complexity index is 1240. The lowest BCUT2D eigenvalue weighted by atomic mass is 10.0. The first kappa shape index (κ1) is 21.9. The Hall–Kier alpha value is -3.91. The summed E-state index contributed by atoms with van der Waals surface area (Å²) in [5.74, 6) is 0.814. The van der Waals surface area contributed by atoms with Crippen molar-refractivity contribution in [3.05, 3.63) is 109 Å². The van der Waals surface area contributed by atoms with Crippen LogP contribution in [0.1, 0.15) is 35.7 Å². The van der Waals surface area contributed by atoms with Gasteiger partial charge < -0.3 is 24.5 Å². The van der Waals surface area contributed by atoms with Crippen molar-refractivity contribution in [2.75, 3.05) is 11.9 Å². The van der Waals surface area contributed by atoms with E-state index in [0.717, 1.165) is 22.8 Å². The van der Waals surface area contributed by atoms with Crippen molar-refractivity contribution in [2.45, 2.75) is 25.0 Å². The molecular formula is C26H25N5O2S. The fourth-order valence-electron chi connectivity index (χ4n) is 4.35. The zero-order chi connectivity index (χ0) is 23.3. The van der Waals surface area contributed by atoms with Crippen LogP contribution in [0.3, 0.4) is 0 Å². The number of nitrogens with one attached hydrogen (secondary N) is 2. The van der Waals surface area contributed by atoms with Crippen LogP contribution in [0.2, 0.25) is 0 Å². The lowest BCUT2D eigenvalue weighted by Gasteiger charge is -2.28. The van der Waals surface area contributed by atoms with Gasteiger partial charge in [-0.05, 0) is 60.7 Å². The molecule has 7 nitrogen and oxygen atoms in total. The Morgan fingerprint density at radius 1 is 1.06 bits per heavy atom. The molecule has 34 heavy (non-hydrogen) atoms. The largest absolute Gasteiger partial charge is 0.467 e. The van der Waals surface area contributed by atoms with E-state index in [2.05, 4.69) is 31.2 Å². The Morgan fingerprint density at radius 3 is 2.68 bits per heavy atom. The first-order chi connectivity index (χ1) is 16.7. The number of hydrogen-bond acceptors (Lipinski definition) is 4. The van der Waals surface area contributed by atoms with Crippen LogP contribution in [-0.4, -0.2) is 32.0 Å². The summed E-state index contributed by atoms with van der Waals surface area (Å²) in [6.07, 6.45) is 5.81. The Labute approximate surface area is 203 Å². The number of benzene rings is 1. The minimum Gasteiger partial charge on any atom is -0.467 e. The van der Waals surface area contributed by atoms with Gasteiger partial charge in [-0.2, -0.15) is 0 Å². The molecule has 1 amide bonds. The van der Waals surface area contributed by atoms with Gasteiger partial charge in [-0.1, -0.05) is 24.3 Å². The van der Waals surface area contributed by atoms with Gasteiger partial charge in [-0.15, -0.1) is 0 Å². The molecule has 2 N–H and O–H groups in total. The Balaban J connectivity index is 1.40. The molecule has 1 aromatic carbocycles. The van der Waals surface area contributed by atoms with Crippen molar-refractivity contribution >= 4 is 28.9 Å². The monoisotopic (exact) mass is 471 g/mol. The van der Waals surface area contributed by atoms with E-state index in [-0.39, 0.29) is 18.0 Å². The number of thiocarbonyl (C=S) groups is 1. The van der Waals surface area contributed by atoms with Crippen molar-refractivity contribution in [3.63, 3.8) is 0 Å². The normalized spacial score (nSPS) is 17.5. The summed E-state index contributed by atoms with van der Waals surface area (Å²) >= 11 is 5.74. The number of anilines is 1. The molecule has 8 heteroatoms. The maximum atomic E-state index is 12.7. The van der Waals surface area contributed by atoms with Crippen molar-refractivity contribution in [1.82, 2.24) is 19.8 Å². The van der Waals surface area contributed by atoms with Gasteiger partial charge in [0.1, 0.15) is 5.76 Å². The smallest absolute Gasteiger partial charge is 0.226 e. The predicted molar refractivity (Wildman–Crippen MR) is 134 cm³/mol. The Morgan fingerprint density at radius 2 is 1.91 bits per heavy atom. The molecule has 1 aliphatic heterocycles. The molecule has 0 bridgehead atoms. The van der Waals surface area contributed by atoms with Gasteiger partial charge in [0.15, 0.2) is 5.11 Å². The van der Waals surface area contributed by atoms with Gasteiger partial charge in [-0.3, -0.25) is 9.78 Å². The molecule has 0 spiro atoms. The van der Waals surface area contributed by atoms with Crippen LogP contribution in [-0.2, 0) is 11.3 Å². The second-order valence-corrected chi connectivity index (χ2v) is 8.51. The minimum absolute atomic E-state index is 0.0556. The average molecular weight is 472 g/mol. The summed E-state index contributed by atoms with van der Waals surface area (Å²) in [5.41, 5.74) is 2.75.